The van der Waals surface area contributed by atoms with Gasteiger partial charge in [0.25, 0.3) is 0 Å². The molecule has 3 aromatic rings. The Morgan fingerprint density at radius 3 is 2.49 bits per heavy atom. The molecule has 4 rings (SSSR count). The standard InChI is InChI=1S/C30H37F2N7/c1-8-38-13-11-22(12-14-38)20(5)19(4)9-10-27(33-7)36-30-34-17-25(32)28(37-30)23-15-24(31)29-26(16-23)39(18(2)3)21(6)35-29/h9-10,15-18H,7-8,11-14H2,1-6H3,(H,34,36,37)/b19-9+,27-10+. The third kappa shape index (κ3) is 6.14. The highest BCUT2D eigenvalue weighted by Crippen LogP contribution is 2.30. The molecule has 0 amide bonds. The van der Waals surface area contributed by atoms with Crippen molar-refractivity contribution < 1.29 is 8.78 Å². The second-order valence-electron chi connectivity index (χ2n) is 10.2. The summed E-state index contributed by atoms with van der Waals surface area (Å²) in [5, 5.41) is 3.00. The molecule has 1 fully saturated rings. The van der Waals surface area contributed by atoms with Crippen molar-refractivity contribution in [2.45, 2.75) is 60.4 Å². The predicted octanol–water partition coefficient (Wildman–Crippen LogP) is 6.99. The van der Waals surface area contributed by atoms with Crippen LogP contribution in [0.2, 0.25) is 0 Å². The minimum Gasteiger partial charge on any atom is -0.326 e. The van der Waals surface area contributed by atoms with Crippen molar-refractivity contribution in [3.05, 3.63) is 70.5 Å². The lowest BCUT2D eigenvalue weighted by molar-refractivity contribution is 0.269. The zero-order valence-corrected chi connectivity index (χ0v) is 23.6. The van der Waals surface area contributed by atoms with Crippen LogP contribution >= 0.6 is 0 Å². The minimum atomic E-state index is -0.657. The Balaban J connectivity index is 1.61. The molecule has 2 aromatic heterocycles. The number of halogens is 2. The van der Waals surface area contributed by atoms with Crippen LogP contribution in [0.3, 0.4) is 0 Å². The quantitative estimate of drug-likeness (QED) is 0.250. The van der Waals surface area contributed by atoms with E-state index in [1.807, 2.05) is 31.4 Å². The van der Waals surface area contributed by atoms with E-state index in [0.29, 0.717) is 22.7 Å². The first-order valence-corrected chi connectivity index (χ1v) is 13.4. The van der Waals surface area contributed by atoms with E-state index in [1.54, 1.807) is 12.1 Å². The van der Waals surface area contributed by atoms with Crippen LogP contribution in [0.4, 0.5) is 14.7 Å². The van der Waals surface area contributed by atoms with Gasteiger partial charge >= 0.3 is 0 Å². The fourth-order valence-electron chi connectivity index (χ4n) is 5.06. The molecular weight excluding hydrogens is 496 g/mol. The van der Waals surface area contributed by atoms with Gasteiger partial charge in [-0.2, -0.15) is 0 Å². The predicted molar refractivity (Wildman–Crippen MR) is 155 cm³/mol. The van der Waals surface area contributed by atoms with E-state index in [0.717, 1.165) is 44.2 Å². The van der Waals surface area contributed by atoms with Crippen LogP contribution in [-0.2, 0) is 0 Å². The molecule has 0 atom stereocenters. The summed E-state index contributed by atoms with van der Waals surface area (Å²) in [4.78, 5) is 19.3. The van der Waals surface area contributed by atoms with E-state index in [4.69, 9.17) is 0 Å². The first kappa shape index (κ1) is 28.3. The van der Waals surface area contributed by atoms with Crippen LogP contribution < -0.4 is 5.32 Å². The number of piperidine rings is 1. The van der Waals surface area contributed by atoms with Crippen molar-refractivity contribution >= 4 is 23.7 Å². The van der Waals surface area contributed by atoms with Crippen LogP contribution in [-0.4, -0.2) is 50.8 Å². The highest BCUT2D eigenvalue weighted by Gasteiger charge is 2.19. The third-order valence-electron chi connectivity index (χ3n) is 7.39. The molecule has 0 bridgehead atoms. The fraction of sp³-hybridized carbons (Fsp3) is 0.400. The summed E-state index contributed by atoms with van der Waals surface area (Å²) in [5.74, 6) is 0.0500. The molecule has 1 saturated heterocycles. The fourth-order valence-corrected chi connectivity index (χ4v) is 5.06. The van der Waals surface area contributed by atoms with Crippen LogP contribution in [0.5, 0.6) is 0 Å². The first-order valence-electron chi connectivity index (χ1n) is 13.4. The van der Waals surface area contributed by atoms with Crippen molar-refractivity contribution in [2.75, 3.05) is 25.0 Å². The average Bonchev–Trinajstić information content (AvgIpc) is 3.27. The lowest BCUT2D eigenvalue weighted by atomic mass is 9.94. The normalized spacial score (nSPS) is 15.4. The number of benzene rings is 1. The number of aliphatic imine (C=N–C) groups is 1. The Hall–Kier alpha value is -3.72. The molecule has 9 heteroatoms. The summed E-state index contributed by atoms with van der Waals surface area (Å²) in [6.07, 6.45) is 7.01. The molecule has 1 aliphatic rings. The van der Waals surface area contributed by atoms with Crippen molar-refractivity contribution in [1.82, 2.24) is 24.4 Å². The number of imidazole rings is 1. The number of hydrogen-bond acceptors (Lipinski definition) is 6. The molecular formula is C30H37F2N7. The van der Waals surface area contributed by atoms with Gasteiger partial charge in [-0.3, -0.25) is 0 Å². The largest absolute Gasteiger partial charge is 0.326 e. The van der Waals surface area contributed by atoms with Gasteiger partial charge in [0, 0.05) is 24.7 Å². The van der Waals surface area contributed by atoms with Crippen LogP contribution in [0, 0.1) is 18.6 Å². The van der Waals surface area contributed by atoms with Gasteiger partial charge < -0.3 is 14.8 Å². The highest BCUT2D eigenvalue weighted by atomic mass is 19.1. The summed E-state index contributed by atoms with van der Waals surface area (Å²) in [7, 11) is 0. The summed E-state index contributed by atoms with van der Waals surface area (Å²) in [5.41, 5.74) is 5.03. The van der Waals surface area contributed by atoms with E-state index >= 15 is 0 Å². The Bertz CT molecular complexity index is 1470. The Kier molecular flexibility index (Phi) is 8.70. The number of nitrogens with zero attached hydrogens (tertiary/aromatic N) is 6. The highest BCUT2D eigenvalue weighted by molar-refractivity contribution is 5.83. The van der Waals surface area contributed by atoms with E-state index in [-0.39, 0.29) is 23.2 Å². The van der Waals surface area contributed by atoms with Crippen molar-refractivity contribution in [3.63, 3.8) is 0 Å². The van der Waals surface area contributed by atoms with Crippen molar-refractivity contribution in [3.8, 4) is 11.3 Å². The van der Waals surface area contributed by atoms with Crippen LogP contribution in [0.25, 0.3) is 22.3 Å². The zero-order chi connectivity index (χ0) is 28.3. The van der Waals surface area contributed by atoms with Gasteiger partial charge in [-0.25, -0.2) is 28.7 Å². The van der Waals surface area contributed by atoms with Gasteiger partial charge in [0.15, 0.2) is 11.6 Å². The van der Waals surface area contributed by atoms with Crippen molar-refractivity contribution in [1.29, 1.82) is 0 Å². The van der Waals surface area contributed by atoms with E-state index in [1.165, 1.54) is 17.2 Å². The maximum absolute atomic E-state index is 15.0. The molecule has 7 nitrogen and oxygen atoms in total. The molecule has 206 valence electrons. The number of aromatic nitrogens is 4. The monoisotopic (exact) mass is 533 g/mol. The average molecular weight is 534 g/mol. The Morgan fingerprint density at radius 1 is 1.13 bits per heavy atom. The Morgan fingerprint density at radius 2 is 1.85 bits per heavy atom. The smallest absolute Gasteiger partial charge is 0.229 e. The van der Waals surface area contributed by atoms with E-state index in [9.17, 15) is 8.78 Å². The zero-order valence-electron chi connectivity index (χ0n) is 23.6. The number of rotatable bonds is 8. The molecule has 0 spiro atoms. The van der Waals surface area contributed by atoms with Gasteiger partial charge in [-0.05, 0) is 90.1 Å². The summed E-state index contributed by atoms with van der Waals surface area (Å²) in [6, 6.07) is 3.02. The van der Waals surface area contributed by atoms with Gasteiger partial charge in [-0.15, -0.1) is 0 Å². The maximum atomic E-state index is 15.0. The van der Waals surface area contributed by atoms with Gasteiger partial charge in [0.1, 0.15) is 22.9 Å². The second kappa shape index (κ2) is 12.0. The number of aryl methyl sites for hydroxylation is 1. The lowest BCUT2D eigenvalue weighted by Gasteiger charge is -2.28. The number of likely N-dealkylation sites (tertiary alicyclic amines) is 1. The van der Waals surface area contributed by atoms with Crippen LogP contribution in [0.1, 0.15) is 59.3 Å². The Labute approximate surface area is 229 Å². The summed E-state index contributed by atoms with van der Waals surface area (Å²) in [6.45, 7) is 19.1. The summed E-state index contributed by atoms with van der Waals surface area (Å²) >= 11 is 0. The number of allylic oxidation sites excluding steroid dienone is 4. The maximum Gasteiger partial charge on any atom is 0.229 e. The SMILES string of the molecule is C=N/C(=C\C=C(/C)C(C)=C1CCN(CC)CC1)Nc1ncc(F)c(-c2cc(F)c3nc(C)n(C(C)C)c3c2)n1. The van der Waals surface area contributed by atoms with E-state index < -0.39 is 11.6 Å². The molecule has 39 heavy (non-hydrogen) atoms. The van der Waals surface area contributed by atoms with Crippen LogP contribution in [0.15, 0.2) is 58.0 Å². The molecule has 0 unspecified atom stereocenters. The molecule has 1 aromatic carbocycles. The lowest BCUT2D eigenvalue weighted by Crippen LogP contribution is -2.30. The number of hydrogen-bond donors (Lipinski definition) is 1. The third-order valence-corrected chi connectivity index (χ3v) is 7.39. The van der Waals surface area contributed by atoms with E-state index in [2.05, 4.69) is 57.6 Å². The number of nitrogens with one attached hydrogen (secondary N) is 1. The topological polar surface area (TPSA) is 71.2 Å². The second-order valence-corrected chi connectivity index (χ2v) is 10.2. The van der Waals surface area contributed by atoms with Gasteiger partial charge in [0.05, 0.1) is 11.7 Å². The van der Waals surface area contributed by atoms with Gasteiger partial charge in [-0.1, -0.05) is 18.6 Å². The molecule has 3 heterocycles. The molecule has 0 saturated carbocycles. The molecule has 1 aliphatic heterocycles. The van der Waals surface area contributed by atoms with Crippen molar-refractivity contribution in [2.24, 2.45) is 4.99 Å². The number of fused-ring (bicyclic) bond motifs is 1. The van der Waals surface area contributed by atoms with Gasteiger partial charge in [0.2, 0.25) is 5.95 Å². The molecule has 0 aliphatic carbocycles. The summed E-state index contributed by atoms with van der Waals surface area (Å²) < 4.78 is 31.8. The first-order chi connectivity index (χ1) is 18.6. The minimum absolute atomic E-state index is 0.0170. The molecule has 0 radical (unpaired) electrons. The molecule has 1 N–H and O–H groups in total. The number of anilines is 1.